The van der Waals surface area contributed by atoms with Gasteiger partial charge in [-0.25, -0.2) is 9.97 Å². The van der Waals surface area contributed by atoms with Crippen molar-refractivity contribution in [1.82, 2.24) is 9.97 Å². The highest BCUT2D eigenvalue weighted by Gasteiger charge is 2.25. The van der Waals surface area contributed by atoms with Crippen LogP contribution in [0.4, 0.5) is 5.82 Å². The number of piperidine rings is 1. The second-order valence-corrected chi connectivity index (χ2v) is 9.22. The molecule has 0 unspecified atom stereocenters. The van der Waals surface area contributed by atoms with Gasteiger partial charge in [0.25, 0.3) is 0 Å². The van der Waals surface area contributed by atoms with Gasteiger partial charge in [-0.15, -0.1) is 11.3 Å². The standard InChI is InChI=1S/C20H30N4OS/c1-13-7-9-24(10-8-13)11-17-22-19(21-14(2)12-25-3)18-15-5-4-6-16(15)26-20(18)23-17/h13-14H,4-12H2,1-3H3,(H,21,22,23)/p+1/t14-/m0/s1. The molecule has 3 heterocycles. The molecule has 2 aromatic heterocycles. The minimum Gasteiger partial charge on any atom is -0.383 e. The van der Waals surface area contributed by atoms with Crippen molar-refractivity contribution >= 4 is 27.4 Å². The van der Waals surface area contributed by atoms with E-state index in [1.165, 1.54) is 65.9 Å². The summed E-state index contributed by atoms with van der Waals surface area (Å²) in [7, 11) is 1.75. The number of aromatic nitrogens is 2. The molecule has 6 heteroatoms. The number of rotatable bonds is 6. The molecule has 1 saturated heterocycles. The van der Waals surface area contributed by atoms with E-state index in [1.54, 1.807) is 12.0 Å². The van der Waals surface area contributed by atoms with E-state index in [0.717, 1.165) is 24.1 Å². The summed E-state index contributed by atoms with van der Waals surface area (Å²) in [6, 6.07) is 0.242. The van der Waals surface area contributed by atoms with Crippen LogP contribution in [0.15, 0.2) is 0 Å². The average molecular weight is 376 g/mol. The van der Waals surface area contributed by atoms with E-state index in [1.807, 2.05) is 11.3 Å². The largest absolute Gasteiger partial charge is 0.383 e. The highest BCUT2D eigenvalue weighted by molar-refractivity contribution is 7.19. The number of thiophene rings is 1. The van der Waals surface area contributed by atoms with Crippen molar-refractivity contribution in [2.24, 2.45) is 5.92 Å². The Bertz CT molecular complexity index is 767. The fourth-order valence-electron chi connectivity index (χ4n) is 4.32. The Morgan fingerprint density at radius 2 is 2.08 bits per heavy atom. The van der Waals surface area contributed by atoms with Gasteiger partial charge in [-0.05, 0) is 50.5 Å². The van der Waals surface area contributed by atoms with Gasteiger partial charge in [0.05, 0.1) is 25.1 Å². The van der Waals surface area contributed by atoms with Crippen molar-refractivity contribution in [3.63, 3.8) is 0 Å². The van der Waals surface area contributed by atoms with Gasteiger partial charge < -0.3 is 15.0 Å². The maximum Gasteiger partial charge on any atom is 0.187 e. The minimum atomic E-state index is 0.242. The number of likely N-dealkylation sites (tertiary alicyclic amines) is 1. The van der Waals surface area contributed by atoms with Gasteiger partial charge in [0.1, 0.15) is 17.2 Å². The highest BCUT2D eigenvalue weighted by atomic mass is 32.1. The van der Waals surface area contributed by atoms with Gasteiger partial charge in [0, 0.05) is 18.0 Å². The van der Waals surface area contributed by atoms with Gasteiger partial charge in [0.2, 0.25) is 0 Å². The SMILES string of the molecule is COC[C@H](C)Nc1nc(C[NH+]2CCC(C)CC2)nc2sc3c(c12)CCC3. The van der Waals surface area contributed by atoms with Gasteiger partial charge in [-0.3, -0.25) is 0 Å². The van der Waals surface area contributed by atoms with Crippen LogP contribution in [0.25, 0.3) is 10.2 Å². The molecule has 1 aliphatic heterocycles. The number of nitrogens with zero attached hydrogens (tertiary/aromatic N) is 2. The second-order valence-electron chi connectivity index (χ2n) is 8.14. The summed E-state index contributed by atoms with van der Waals surface area (Å²) in [5.41, 5.74) is 1.49. The maximum atomic E-state index is 5.32. The third-order valence-corrected chi connectivity index (χ3v) is 6.99. The van der Waals surface area contributed by atoms with Crippen LogP contribution in [-0.4, -0.2) is 42.8 Å². The van der Waals surface area contributed by atoms with Crippen molar-refractivity contribution in [2.75, 3.05) is 32.1 Å². The zero-order chi connectivity index (χ0) is 18.1. The summed E-state index contributed by atoms with van der Waals surface area (Å²) in [6.45, 7) is 8.63. The predicted molar refractivity (Wildman–Crippen MR) is 107 cm³/mol. The molecule has 142 valence electrons. The van der Waals surface area contributed by atoms with Crippen LogP contribution in [0.2, 0.25) is 0 Å². The number of quaternary nitrogens is 1. The third-order valence-electron chi connectivity index (χ3n) is 5.80. The fourth-order valence-corrected chi connectivity index (χ4v) is 5.60. The third kappa shape index (κ3) is 3.73. The molecule has 1 atom stereocenters. The Labute approximate surface area is 160 Å². The molecule has 2 N–H and O–H groups in total. The number of hydrogen-bond acceptors (Lipinski definition) is 5. The molecule has 1 fully saturated rings. The maximum absolute atomic E-state index is 5.32. The van der Waals surface area contributed by atoms with Crippen LogP contribution in [0.5, 0.6) is 0 Å². The van der Waals surface area contributed by atoms with Crippen LogP contribution in [-0.2, 0) is 24.1 Å². The van der Waals surface area contributed by atoms with Gasteiger partial charge >= 0.3 is 0 Å². The lowest BCUT2D eigenvalue weighted by Gasteiger charge is -2.26. The summed E-state index contributed by atoms with van der Waals surface area (Å²) in [5, 5.41) is 4.88. The molecule has 5 nitrogen and oxygen atoms in total. The van der Waals surface area contributed by atoms with E-state index >= 15 is 0 Å². The number of ether oxygens (including phenoxy) is 1. The Balaban J connectivity index is 1.64. The first-order valence-electron chi connectivity index (χ1n) is 10.0. The van der Waals surface area contributed by atoms with E-state index < -0.39 is 0 Å². The van der Waals surface area contributed by atoms with Crippen molar-refractivity contribution in [3.8, 4) is 0 Å². The van der Waals surface area contributed by atoms with Crippen molar-refractivity contribution in [3.05, 3.63) is 16.3 Å². The smallest absolute Gasteiger partial charge is 0.187 e. The minimum absolute atomic E-state index is 0.242. The van der Waals surface area contributed by atoms with Crippen molar-refractivity contribution in [2.45, 2.75) is 58.5 Å². The number of hydrogen-bond donors (Lipinski definition) is 2. The normalized spacial score (nSPS) is 24.0. The molecule has 0 amide bonds. The lowest BCUT2D eigenvalue weighted by molar-refractivity contribution is -0.920. The Morgan fingerprint density at radius 1 is 1.27 bits per heavy atom. The molecule has 2 aliphatic rings. The summed E-state index contributed by atoms with van der Waals surface area (Å²) in [6.07, 6.45) is 6.28. The monoisotopic (exact) mass is 375 g/mol. The van der Waals surface area contributed by atoms with Gasteiger partial charge in [-0.1, -0.05) is 6.92 Å². The van der Waals surface area contributed by atoms with E-state index in [2.05, 4.69) is 19.2 Å². The van der Waals surface area contributed by atoms with E-state index in [0.29, 0.717) is 6.61 Å². The average Bonchev–Trinajstić information content (AvgIpc) is 3.17. The fraction of sp³-hybridized carbons (Fsp3) is 0.700. The molecule has 26 heavy (non-hydrogen) atoms. The van der Waals surface area contributed by atoms with Crippen LogP contribution in [0.3, 0.4) is 0 Å². The zero-order valence-electron chi connectivity index (χ0n) is 16.2. The molecule has 0 saturated carbocycles. The number of anilines is 1. The van der Waals surface area contributed by atoms with Crippen LogP contribution in [0, 0.1) is 5.92 Å². The molecule has 0 spiro atoms. The van der Waals surface area contributed by atoms with Crippen LogP contribution < -0.4 is 10.2 Å². The van der Waals surface area contributed by atoms with E-state index in [4.69, 9.17) is 14.7 Å². The Hall–Kier alpha value is -1.24. The molecule has 1 aliphatic carbocycles. The molecule has 0 aromatic carbocycles. The quantitative estimate of drug-likeness (QED) is 0.814. The van der Waals surface area contributed by atoms with Crippen LogP contribution >= 0.6 is 11.3 Å². The molecule has 0 radical (unpaired) electrons. The lowest BCUT2D eigenvalue weighted by atomic mass is 9.99. The van der Waals surface area contributed by atoms with Gasteiger partial charge in [0.15, 0.2) is 5.82 Å². The molecule has 2 aromatic rings. The summed E-state index contributed by atoms with van der Waals surface area (Å²) < 4.78 is 5.32. The predicted octanol–water partition coefficient (Wildman–Crippen LogP) is 2.44. The number of methoxy groups -OCH3 is 1. The highest BCUT2D eigenvalue weighted by Crippen LogP contribution is 2.39. The molecule has 0 bridgehead atoms. The molecular weight excluding hydrogens is 344 g/mol. The number of aryl methyl sites for hydroxylation is 2. The zero-order valence-corrected chi connectivity index (χ0v) is 17.0. The summed E-state index contributed by atoms with van der Waals surface area (Å²) in [4.78, 5) is 14.3. The van der Waals surface area contributed by atoms with E-state index in [9.17, 15) is 0 Å². The first kappa shape index (κ1) is 18.1. The first-order valence-corrected chi connectivity index (χ1v) is 10.9. The Morgan fingerprint density at radius 3 is 2.85 bits per heavy atom. The van der Waals surface area contributed by atoms with E-state index in [-0.39, 0.29) is 6.04 Å². The second kappa shape index (κ2) is 7.79. The first-order chi connectivity index (χ1) is 12.6. The van der Waals surface area contributed by atoms with Crippen molar-refractivity contribution in [1.29, 1.82) is 0 Å². The topological polar surface area (TPSA) is 51.5 Å². The summed E-state index contributed by atoms with van der Waals surface area (Å²) in [5.74, 6) is 2.89. The Kier molecular flexibility index (Phi) is 5.43. The van der Waals surface area contributed by atoms with Crippen LogP contribution in [0.1, 0.15) is 49.4 Å². The molecule has 4 rings (SSSR count). The number of nitrogens with one attached hydrogen (secondary N) is 2. The van der Waals surface area contributed by atoms with Crippen molar-refractivity contribution < 1.29 is 9.64 Å². The number of fused-ring (bicyclic) bond motifs is 3. The summed E-state index contributed by atoms with van der Waals surface area (Å²) >= 11 is 1.89. The molecular formula is C20H31N4OS+. The lowest BCUT2D eigenvalue weighted by Crippen LogP contribution is -3.11. The van der Waals surface area contributed by atoms with Gasteiger partial charge in [-0.2, -0.15) is 0 Å².